The molecule has 1 atom stereocenters. The minimum absolute atomic E-state index is 0.0407. The quantitative estimate of drug-likeness (QED) is 0.889. The van der Waals surface area contributed by atoms with Gasteiger partial charge in [0.2, 0.25) is 0 Å². The van der Waals surface area contributed by atoms with E-state index in [4.69, 9.17) is 5.11 Å². The van der Waals surface area contributed by atoms with E-state index in [9.17, 15) is 13.6 Å². The fourth-order valence-corrected chi connectivity index (χ4v) is 2.55. The van der Waals surface area contributed by atoms with Crippen LogP contribution in [0, 0.1) is 5.92 Å². The van der Waals surface area contributed by atoms with Crippen molar-refractivity contribution < 1.29 is 18.7 Å². The highest BCUT2D eigenvalue weighted by Gasteiger charge is 2.44. The molecule has 0 saturated carbocycles. The van der Waals surface area contributed by atoms with Crippen LogP contribution < -0.4 is 5.32 Å². The van der Waals surface area contributed by atoms with E-state index in [-0.39, 0.29) is 13.1 Å². The van der Waals surface area contributed by atoms with E-state index in [1.165, 1.54) is 4.90 Å². The van der Waals surface area contributed by atoms with Crippen molar-refractivity contribution >= 4 is 17.4 Å². The molecule has 6 nitrogen and oxygen atoms in total. The van der Waals surface area contributed by atoms with Crippen molar-refractivity contribution in [3.63, 3.8) is 0 Å². The Hall–Kier alpha value is -2.22. The van der Waals surface area contributed by atoms with Crippen molar-refractivity contribution in [1.82, 2.24) is 14.3 Å². The molecule has 0 radical (unpaired) electrons. The summed E-state index contributed by atoms with van der Waals surface area (Å²) in [7, 11) is 0. The van der Waals surface area contributed by atoms with Crippen molar-refractivity contribution in [2.75, 3.05) is 25.0 Å². The van der Waals surface area contributed by atoms with Gasteiger partial charge in [0.1, 0.15) is 5.65 Å². The summed E-state index contributed by atoms with van der Waals surface area (Å²) in [6, 6.07) is 2.94. The van der Waals surface area contributed by atoms with Crippen molar-refractivity contribution in [2.45, 2.75) is 12.3 Å². The lowest BCUT2D eigenvalue weighted by atomic mass is 9.94. The van der Waals surface area contributed by atoms with Crippen LogP contribution in [0.3, 0.4) is 0 Å². The van der Waals surface area contributed by atoms with Gasteiger partial charge >= 0.3 is 6.03 Å². The number of rotatable bonds is 2. The van der Waals surface area contributed by atoms with E-state index in [1.54, 1.807) is 35.1 Å². The van der Waals surface area contributed by atoms with Crippen molar-refractivity contribution in [3.05, 3.63) is 30.7 Å². The van der Waals surface area contributed by atoms with Crippen LogP contribution in [-0.2, 0) is 0 Å². The van der Waals surface area contributed by atoms with E-state index < -0.39 is 30.9 Å². The molecule has 1 aliphatic heterocycles. The zero-order chi connectivity index (χ0) is 15.7. The van der Waals surface area contributed by atoms with Crippen LogP contribution in [0.15, 0.2) is 30.7 Å². The number of aliphatic hydroxyl groups is 1. The Bertz CT molecular complexity index is 688. The third kappa shape index (κ3) is 2.74. The molecule has 1 unspecified atom stereocenters. The minimum Gasteiger partial charge on any atom is -0.396 e. The number of anilines is 1. The predicted molar refractivity (Wildman–Crippen MR) is 75.9 cm³/mol. The lowest BCUT2D eigenvalue weighted by Crippen LogP contribution is -2.51. The predicted octanol–water partition coefficient (Wildman–Crippen LogP) is 1.82. The maximum Gasteiger partial charge on any atom is 0.321 e. The van der Waals surface area contributed by atoms with Gasteiger partial charge in [-0.25, -0.2) is 18.6 Å². The van der Waals surface area contributed by atoms with Gasteiger partial charge in [-0.3, -0.25) is 0 Å². The molecule has 1 saturated heterocycles. The number of imidazole rings is 1. The normalized spacial score (nSPS) is 21.0. The molecule has 3 heterocycles. The number of piperidine rings is 1. The lowest BCUT2D eigenvalue weighted by molar-refractivity contribution is -0.111. The molecule has 118 valence electrons. The first kappa shape index (κ1) is 14.7. The minimum atomic E-state index is -2.93. The first-order valence-corrected chi connectivity index (χ1v) is 6.97. The van der Waals surface area contributed by atoms with Crippen molar-refractivity contribution in [3.8, 4) is 0 Å². The molecule has 1 aliphatic rings. The largest absolute Gasteiger partial charge is 0.396 e. The van der Waals surface area contributed by atoms with Gasteiger partial charge in [-0.15, -0.1) is 0 Å². The maximum atomic E-state index is 13.5. The smallest absolute Gasteiger partial charge is 0.321 e. The third-order valence-corrected chi connectivity index (χ3v) is 3.91. The van der Waals surface area contributed by atoms with E-state index in [2.05, 4.69) is 10.3 Å². The van der Waals surface area contributed by atoms with Gasteiger partial charge in [0.25, 0.3) is 5.92 Å². The summed E-state index contributed by atoms with van der Waals surface area (Å²) in [5.41, 5.74) is 1.22. The number of halogens is 2. The Morgan fingerprint density at radius 1 is 1.50 bits per heavy atom. The van der Waals surface area contributed by atoms with Gasteiger partial charge in [0, 0.05) is 49.9 Å². The van der Waals surface area contributed by atoms with E-state index in [0.717, 1.165) is 0 Å². The van der Waals surface area contributed by atoms with Crippen LogP contribution in [0.1, 0.15) is 6.42 Å². The number of alkyl halides is 2. The number of likely N-dealkylation sites (tertiary alicyclic amines) is 1. The fourth-order valence-electron chi connectivity index (χ4n) is 2.55. The number of carbonyl (C=O) groups is 1. The molecular formula is C14H16F2N4O2. The third-order valence-electron chi connectivity index (χ3n) is 3.91. The number of hydrogen-bond acceptors (Lipinski definition) is 3. The highest BCUT2D eigenvalue weighted by atomic mass is 19.3. The summed E-state index contributed by atoms with van der Waals surface area (Å²) in [4.78, 5) is 17.6. The highest BCUT2D eigenvalue weighted by molar-refractivity contribution is 5.89. The molecule has 0 spiro atoms. The number of pyridine rings is 1. The standard InChI is InChI=1S/C14H16F2N4O2/c15-14(16)2-5-20(8-10(14)9-21)13(22)18-11-1-4-19-6-3-17-12(19)7-11/h1,3-4,6-7,10,21H,2,5,8-9H2,(H,18,22). The van der Waals surface area contributed by atoms with E-state index >= 15 is 0 Å². The summed E-state index contributed by atoms with van der Waals surface area (Å²) in [5.74, 6) is -4.15. The SMILES string of the molecule is O=C(Nc1ccn2ccnc2c1)N1CCC(F)(F)C(CO)C1. The zero-order valence-corrected chi connectivity index (χ0v) is 11.7. The average Bonchev–Trinajstić information content (AvgIpc) is 2.94. The van der Waals surface area contributed by atoms with Crippen molar-refractivity contribution in [2.24, 2.45) is 5.92 Å². The molecule has 2 amide bonds. The van der Waals surface area contributed by atoms with Crippen LogP contribution in [0.25, 0.3) is 5.65 Å². The van der Waals surface area contributed by atoms with Gasteiger partial charge in [0.15, 0.2) is 0 Å². The number of nitrogens with zero attached hydrogens (tertiary/aromatic N) is 3. The van der Waals surface area contributed by atoms with Crippen LogP contribution in [-0.4, -0.2) is 51.0 Å². The molecule has 22 heavy (non-hydrogen) atoms. The Labute approximate surface area is 125 Å². The molecule has 0 aliphatic carbocycles. The Morgan fingerprint density at radius 3 is 3.09 bits per heavy atom. The van der Waals surface area contributed by atoms with Crippen molar-refractivity contribution in [1.29, 1.82) is 0 Å². The van der Waals surface area contributed by atoms with Crippen LogP contribution in [0.5, 0.6) is 0 Å². The van der Waals surface area contributed by atoms with E-state index in [1.807, 2.05) is 0 Å². The van der Waals surface area contributed by atoms with Gasteiger partial charge in [-0.1, -0.05) is 0 Å². The number of amides is 2. The zero-order valence-electron chi connectivity index (χ0n) is 11.7. The van der Waals surface area contributed by atoms with Gasteiger partial charge < -0.3 is 19.7 Å². The Balaban J connectivity index is 1.69. The van der Waals surface area contributed by atoms with E-state index in [0.29, 0.717) is 11.3 Å². The number of fused-ring (bicyclic) bond motifs is 1. The first-order chi connectivity index (χ1) is 10.5. The molecule has 8 heteroatoms. The van der Waals surface area contributed by atoms with Crippen LogP contribution in [0.4, 0.5) is 19.3 Å². The van der Waals surface area contributed by atoms with Gasteiger partial charge in [-0.05, 0) is 6.07 Å². The van der Waals surface area contributed by atoms with Crippen LogP contribution in [0.2, 0.25) is 0 Å². The highest BCUT2D eigenvalue weighted by Crippen LogP contribution is 2.33. The fraction of sp³-hybridized carbons (Fsp3) is 0.429. The molecule has 2 aromatic rings. The maximum absolute atomic E-state index is 13.5. The summed E-state index contributed by atoms with van der Waals surface area (Å²) >= 11 is 0. The Kier molecular flexibility index (Phi) is 3.69. The monoisotopic (exact) mass is 310 g/mol. The topological polar surface area (TPSA) is 69.9 Å². The number of carbonyl (C=O) groups excluding carboxylic acids is 1. The second kappa shape index (κ2) is 5.53. The average molecular weight is 310 g/mol. The summed E-state index contributed by atoms with van der Waals surface area (Å²) in [6.07, 6.45) is 4.72. The summed E-state index contributed by atoms with van der Waals surface area (Å²) in [5, 5.41) is 11.7. The van der Waals surface area contributed by atoms with Gasteiger partial charge in [-0.2, -0.15) is 0 Å². The molecule has 2 aromatic heterocycles. The number of nitrogens with one attached hydrogen (secondary N) is 1. The van der Waals surface area contributed by atoms with Gasteiger partial charge in [0.05, 0.1) is 12.5 Å². The molecule has 2 N–H and O–H groups in total. The molecule has 0 aromatic carbocycles. The number of aliphatic hydroxyl groups excluding tert-OH is 1. The molecular weight excluding hydrogens is 294 g/mol. The summed E-state index contributed by atoms with van der Waals surface area (Å²) < 4.78 is 28.9. The Morgan fingerprint density at radius 2 is 2.32 bits per heavy atom. The number of hydrogen-bond donors (Lipinski definition) is 2. The second-order valence-electron chi connectivity index (χ2n) is 5.37. The lowest BCUT2D eigenvalue weighted by Gasteiger charge is -2.37. The molecule has 3 rings (SSSR count). The van der Waals surface area contributed by atoms with Crippen LogP contribution >= 0.6 is 0 Å². The molecule has 0 bridgehead atoms. The number of urea groups is 1. The first-order valence-electron chi connectivity index (χ1n) is 6.97. The summed E-state index contributed by atoms with van der Waals surface area (Å²) in [6.45, 7) is -0.848. The number of aromatic nitrogens is 2. The second-order valence-corrected chi connectivity index (χ2v) is 5.37. The molecule has 1 fully saturated rings.